The number of rotatable bonds is 3. The molecule has 22 heavy (non-hydrogen) atoms. The van der Waals surface area contributed by atoms with E-state index in [4.69, 9.17) is 10.2 Å². The summed E-state index contributed by atoms with van der Waals surface area (Å²) in [6.07, 6.45) is 0.419. The van der Waals surface area contributed by atoms with E-state index >= 15 is 0 Å². The van der Waals surface area contributed by atoms with Crippen molar-refractivity contribution in [2.24, 2.45) is 5.73 Å². The lowest BCUT2D eigenvalue weighted by Crippen LogP contribution is -2.49. The summed E-state index contributed by atoms with van der Waals surface area (Å²) >= 11 is 0. The van der Waals surface area contributed by atoms with Crippen molar-refractivity contribution in [1.82, 2.24) is 9.88 Å². The largest absolute Gasteiger partial charge is 0.423 e. The van der Waals surface area contributed by atoms with Gasteiger partial charge in [0.15, 0.2) is 5.58 Å². The van der Waals surface area contributed by atoms with Gasteiger partial charge in [-0.05, 0) is 24.6 Å². The number of anilines is 1. The SMILES string of the molecule is Cc1ccc2oc(N3CCN(C(=O)CCN)CC3)nc2c1.Cl. The first-order valence-electron chi connectivity index (χ1n) is 7.27. The molecular weight excluding hydrogens is 304 g/mol. The lowest BCUT2D eigenvalue weighted by Gasteiger charge is -2.33. The number of amides is 1. The smallest absolute Gasteiger partial charge is 0.298 e. The molecule has 1 aliphatic rings. The molecule has 0 spiro atoms. The van der Waals surface area contributed by atoms with E-state index in [0.29, 0.717) is 32.1 Å². The molecule has 0 unspecified atom stereocenters. The van der Waals surface area contributed by atoms with Crippen LogP contribution in [0.15, 0.2) is 22.6 Å². The fourth-order valence-electron chi connectivity index (χ4n) is 2.59. The van der Waals surface area contributed by atoms with Gasteiger partial charge >= 0.3 is 0 Å². The standard InChI is InChI=1S/C15H20N4O2.ClH/c1-11-2-3-13-12(10-11)17-15(21-13)19-8-6-18(7-9-19)14(20)4-5-16;/h2-3,10H,4-9,16H2,1H3;1H. The van der Waals surface area contributed by atoms with Crippen LogP contribution in [0, 0.1) is 6.92 Å². The Balaban J connectivity index is 0.00000176. The van der Waals surface area contributed by atoms with Crippen molar-refractivity contribution < 1.29 is 9.21 Å². The number of halogens is 1. The molecule has 0 bridgehead atoms. The lowest BCUT2D eigenvalue weighted by molar-refractivity contribution is -0.131. The third-order valence-corrected chi connectivity index (χ3v) is 3.79. The van der Waals surface area contributed by atoms with Gasteiger partial charge in [-0.1, -0.05) is 6.07 Å². The summed E-state index contributed by atoms with van der Waals surface area (Å²) in [6, 6.07) is 6.62. The Bertz CT molecular complexity index is 650. The molecule has 1 amide bonds. The van der Waals surface area contributed by atoms with Crippen LogP contribution in [0.4, 0.5) is 6.01 Å². The van der Waals surface area contributed by atoms with E-state index in [-0.39, 0.29) is 18.3 Å². The molecule has 0 saturated carbocycles. The Morgan fingerprint density at radius 2 is 2.05 bits per heavy atom. The first-order valence-corrected chi connectivity index (χ1v) is 7.27. The van der Waals surface area contributed by atoms with Crippen LogP contribution in [0.2, 0.25) is 0 Å². The fourth-order valence-corrected chi connectivity index (χ4v) is 2.59. The summed E-state index contributed by atoms with van der Waals surface area (Å²) in [5.41, 5.74) is 8.28. The monoisotopic (exact) mass is 324 g/mol. The van der Waals surface area contributed by atoms with Gasteiger partial charge in [0.05, 0.1) is 0 Å². The molecule has 2 N–H and O–H groups in total. The summed E-state index contributed by atoms with van der Waals surface area (Å²) in [5, 5.41) is 0. The molecule has 0 radical (unpaired) electrons. The van der Waals surface area contributed by atoms with E-state index in [2.05, 4.69) is 9.88 Å². The van der Waals surface area contributed by atoms with Gasteiger partial charge in [-0.15, -0.1) is 12.4 Å². The second kappa shape index (κ2) is 6.98. The summed E-state index contributed by atoms with van der Waals surface area (Å²) in [7, 11) is 0. The van der Waals surface area contributed by atoms with Gasteiger partial charge in [-0.3, -0.25) is 4.79 Å². The number of nitrogens with zero attached hydrogens (tertiary/aromatic N) is 3. The van der Waals surface area contributed by atoms with Crippen molar-refractivity contribution >= 4 is 35.4 Å². The minimum absolute atomic E-state index is 0. The van der Waals surface area contributed by atoms with E-state index in [1.807, 2.05) is 30.0 Å². The maximum absolute atomic E-state index is 11.8. The second-order valence-corrected chi connectivity index (χ2v) is 5.37. The molecule has 0 aliphatic carbocycles. The molecule has 6 nitrogen and oxygen atoms in total. The maximum atomic E-state index is 11.8. The van der Waals surface area contributed by atoms with E-state index in [9.17, 15) is 4.79 Å². The highest BCUT2D eigenvalue weighted by molar-refractivity contribution is 5.85. The zero-order valence-electron chi connectivity index (χ0n) is 12.6. The molecule has 0 atom stereocenters. The lowest BCUT2D eigenvalue weighted by atomic mass is 10.2. The highest BCUT2D eigenvalue weighted by atomic mass is 35.5. The molecule has 1 aliphatic heterocycles. The number of hydrogen-bond acceptors (Lipinski definition) is 5. The van der Waals surface area contributed by atoms with E-state index < -0.39 is 0 Å². The van der Waals surface area contributed by atoms with Gasteiger partial charge < -0.3 is 20.0 Å². The molecule has 7 heteroatoms. The van der Waals surface area contributed by atoms with Crippen molar-refractivity contribution in [2.45, 2.75) is 13.3 Å². The van der Waals surface area contributed by atoms with Gasteiger partial charge in [0, 0.05) is 39.1 Å². The van der Waals surface area contributed by atoms with Crippen LogP contribution < -0.4 is 10.6 Å². The zero-order chi connectivity index (χ0) is 14.8. The van der Waals surface area contributed by atoms with Crippen molar-refractivity contribution in [3.63, 3.8) is 0 Å². The minimum Gasteiger partial charge on any atom is -0.423 e. The van der Waals surface area contributed by atoms with Crippen LogP contribution in [-0.2, 0) is 4.79 Å². The molecule has 120 valence electrons. The second-order valence-electron chi connectivity index (χ2n) is 5.37. The predicted octanol–water partition coefficient (Wildman–Crippen LogP) is 1.56. The number of carbonyl (C=O) groups excluding carboxylic acids is 1. The van der Waals surface area contributed by atoms with Crippen LogP contribution in [0.5, 0.6) is 0 Å². The third-order valence-electron chi connectivity index (χ3n) is 3.79. The first kappa shape index (κ1) is 16.6. The molecule has 1 aromatic heterocycles. The summed E-state index contributed by atoms with van der Waals surface area (Å²) in [4.78, 5) is 20.3. The number of oxazole rings is 1. The highest BCUT2D eigenvalue weighted by Crippen LogP contribution is 2.23. The highest BCUT2D eigenvalue weighted by Gasteiger charge is 2.23. The van der Waals surface area contributed by atoms with E-state index in [1.54, 1.807) is 0 Å². The van der Waals surface area contributed by atoms with Crippen molar-refractivity contribution in [3.8, 4) is 0 Å². The van der Waals surface area contributed by atoms with Crippen LogP contribution >= 0.6 is 12.4 Å². The number of aryl methyl sites for hydroxylation is 1. The topological polar surface area (TPSA) is 75.6 Å². The Morgan fingerprint density at radius 1 is 1.32 bits per heavy atom. The fraction of sp³-hybridized carbons (Fsp3) is 0.467. The normalized spacial score (nSPS) is 15.0. The number of carbonyl (C=O) groups is 1. The van der Waals surface area contributed by atoms with Crippen LogP contribution in [-0.4, -0.2) is 48.5 Å². The predicted molar refractivity (Wildman–Crippen MR) is 88.5 cm³/mol. The molecule has 2 aromatic rings. The number of nitrogens with two attached hydrogens (primary N) is 1. The van der Waals surface area contributed by atoms with Crippen molar-refractivity contribution in [3.05, 3.63) is 23.8 Å². The molecule has 1 aromatic carbocycles. The van der Waals surface area contributed by atoms with E-state index in [0.717, 1.165) is 24.2 Å². The first-order chi connectivity index (χ1) is 10.2. The number of piperazine rings is 1. The molecule has 1 saturated heterocycles. The van der Waals surface area contributed by atoms with Gasteiger partial charge in [-0.2, -0.15) is 4.98 Å². The van der Waals surface area contributed by atoms with Crippen molar-refractivity contribution in [1.29, 1.82) is 0 Å². The number of fused-ring (bicyclic) bond motifs is 1. The molecule has 2 heterocycles. The molecule has 1 fully saturated rings. The van der Waals surface area contributed by atoms with Crippen LogP contribution in [0.3, 0.4) is 0 Å². The van der Waals surface area contributed by atoms with E-state index in [1.165, 1.54) is 5.56 Å². The van der Waals surface area contributed by atoms with Crippen molar-refractivity contribution in [2.75, 3.05) is 37.6 Å². The van der Waals surface area contributed by atoms with Gasteiger partial charge in [0.1, 0.15) is 5.52 Å². The maximum Gasteiger partial charge on any atom is 0.298 e. The van der Waals surface area contributed by atoms with Crippen LogP contribution in [0.25, 0.3) is 11.1 Å². The Morgan fingerprint density at radius 3 is 2.73 bits per heavy atom. The zero-order valence-corrected chi connectivity index (χ0v) is 13.4. The molecule has 3 rings (SSSR count). The van der Waals surface area contributed by atoms with Gasteiger partial charge in [0.25, 0.3) is 6.01 Å². The summed E-state index contributed by atoms with van der Waals surface area (Å²) in [5.74, 6) is 0.130. The molecular formula is C15H21ClN4O2. The number of hydrogen-bond donors (Lipinski definition) is 1. The third kappa shape index (κ3) is 3.34. The average molecular weight is 325 g/mol. The Kier molecular flexibility index (Phi) is 5.26. The average Bonchev–Trinajstić information content (AvgIpc) is 2.90. The Hall–Kier alpha value is -1.79. The van der Waals surface area contributed by atoms with Gasteiger partial charge in [-0.25, -0.2) is 0 Å². The minimum atomic E-state index is 0. The van der Waals surface area contributed by atoms with Crippen LogP contribution in [0.1, 0.15) is 12.0 Å². The van der Waals surface area contributed by atoms with Gasteiger partial charge in [0.2, 0.25) is 5.91 Å². The number of aromatic nitrogens is 1. The summed E-state index contributed by atoms with van der Waals surface area (Å²) < 4.78 is 5.80. The Labute approximate surface area is 135 Å². The quantitative estimate of drug-likeness (QED) is 0.927. The summed E-state index contributed by atoms with van der Waals surface area (Å²) in [6.45, 7) is 5.30. The number of benzene rings is 1.